The zero-order valence-corrected chi connectivity index (χ0v) is 19.2. The van der Waals surface area contributed by atoms with Crippen LogP contribution in [0.2, 0.25) is 0 Å². The molecule has 0 aromatic carbocycles. The van der Waals surface area contributed by atoms with E-state index >= 15 is 0 Å². The van der Waals surface area contributed by atoms with Crippen LogP contribution in [-0.4, -0.2) is 54.7 Å². The fraction of sp³-hybridized carbons (Fsp3) is 1.00. The summed E-state index contributed by atoms with van der Waals surface area (Å²) < 4.78 is 13.7. The second kappa shape index (κ2) is 9.53. The third kappa shape index (κ3) is 5.22. The Morgan fingerprint density at radius 1 is 0.619 bits per heavy atom. The molecule has 128 valence electrons. The third-order valence-corrected chi connectivity index (χ3v) is 21.2. The Morgan fingerprint density at radius 2 is 0.857 bits per heavy atom. The Morgan fingerprint density at radius 3 is 1.00 bits per heavy atom. The molecule has 0 bridgehead atoms. The summed E-state index contributed by atoms with van der Waals surface area (Å²) >= 11 is -3.21. The molecule has 4 nitrogen and oxygen atoms in total. The van der Waals surface area contributed by atoms with E-state index in [9.17, 15) is 0 Å². The first-order chi connectivity index (χ1) is 9.77. The molecule has 0 spiro atoms. The second-order valence-corrected chi connectivity index (χ2v) is 16.9. The van der Waals surface area contributed by atoms with Crippen molar-refractivity contribution in [3.8, 4) is 0 Å². The van der Waals surface area contributed by atoms with Gasteiger partial charge in [0.2, 0.25) is 0 Å². The second-order valence-electron chi connectivity index (χ2n) is 6.22. The zero-order chi connectivity index (χ0) is 16.7. The van der Waals surface area contributed by atoms with Crippen molar-refractivity contribution < 1.29 is 17.7 Å². The molecule has 0 aliphatic rings. The number of hydrogen-bond donors (Lipinski definition) is 0. The summed E-state index contributed by atoms with van der Waals surface area (Å²) in [7, 11) is 0. The molecule has 0 heterocycles. The molecule has 0 rings (SSSR count). The van der Waals surface area contributed by atoms with Gasteiger partial charge < -0.3 is 0 Å². The van der Waals surface area contributed by atoms with Crippen molar-refractivity contribution in [1.29, 1.82) is 0 Å². The molecule has 0 saturated carbocycles. The summed E-state index contributed by atoms with van der Waals surface area (Å²) in [6, 6.07) is 0. The van der Waals surface area contributed by atoms with Gasteiger partial charge in [0, 0.05) is 0 Å². The predicted molar refractivity (Wildman–Crippen MR) is 90.9 cm³/mol. The normalized spacial score (nSPS) is 13.5. The molecule has 0 aromatic heterocycles. The summed E-state index contributed by atoms with van der Waals surface area (Å²) in [5.74, 6) is 0. The molecule has 0 atom stereocenters. The van der Waals surface area contributed by atoms with E-state index in [1.54, 1.807) is 0 Å². The summed E-state index contributed by atoms with van der Waals surface area (Å²) in [6.07, 6.45) is 0. The van der Waals surface area contributed by atoms with Gasteiger partial charge in [0.25, 0.3) is 0 Å². The molecule has 0 N–H and O–H groups in total. The van der Waals surface area contributed by atoms with Crippen LogP contribution in [0.3, 0.4) is 0 Å². The SMILES string of the molecule is CC[N](CC)[Ta](=[N]C(C)(C)C)([N](CC)CC)[N](CC)CC. The first kappa shape index (κ1) is 21.4. The first-order valence-corrected chi connectivity index (χ1v) is 14.4. The van der Waals surface area contributed by atoms with Gasteiger partial charge in [0.1, 0.15) is 0 Å². The summed E-state index contributed by atoms with van der Waals surface area (Å²) in [6.45, 7) is 27.1. The maximum absolute atomic E-state index is 5.56. The zero-order valence-electron chi connectivity index (χ0n) is 16.0. The van der Waals surface area contributed by atoms with Crippen LogP contribution in [0.15, 0.2) is 3.34 Å². The van der Waals surface area contributed by atoms with Gasteiger partial charge in [0.15, 0.2) is 0 Å². The van der Waals surface area contributed by atoms with E-state index < -0.39 is 17.7 Å². The topological polar surface area (TPSA) is 22.1 Å². The van der Waals surface area contributed by atoms with Crippen molar-refractivity contribution in [1.82, 2.24) is 9.91 Å². The number of nitrogens with zero attached hydrogens (tertiary/aromatic N) is 4. The minimum atomic E-state index is -3.21. The molecule has 0 unspecified atom stereocenters. The van der Waals surface area contributed by atoms with Gasteiger partial charge in [0.05, 0.1) is 0 Å². The Balaban J connectivity index is 6.39. The summed E-state index contributed by atoms with van der Waals surface area (Å²) in [5.41, 5.74) is 0.0201. The molecular formula is C16H39N4Ta. The van der Waals surface area contributed by atoms with Crippen LogP contribution in [0.4, 0.5) is 0 Å². The van der Waals surface area contributed by atoms with Gasteiger partial charge >= 0.3 is 138 Å². The summed E-state index contributed by atoms with van der Waals surface area (Å²) in [4.78, 5) is 0. The average Bonchev–Trinajstić information content (AvgIpc) is 2.40. The average molecular weight is 468 g/mol. The van der Waals surface area contributed by atoms with Gasteiger partial charge in [-0.3, -0.25) is 0 Å². The van der Waals surface area contributed by atoms with Gasteiger partial charge in [-0.05, 0) is 0 Å². The van der Waals surface area contributed by atoms with Crippen molar-refractivity contribution in [2.75, 3.05) is 39.3 Å². The Labute approximate surface area is 138 Å². The van der Waals surface area contributed by atoms with Crippen LogP contribution >= 0.6 is 0 Å². The maximum atomic E-state index is 5.56. The van der Waals surface area contributed by atoms with Crippen molar-refractivity contribution >= 4 is 0 Å². The first-order valence-electron chi connectivity index (χ1n) is 8.66. The van der Waals surface area contributed by atoms with Crippen molar-refractivity contribution in [3.05, 3.63) is 0 Å². The Bertz CT molecular complexity index is 286. The monoisotopic (exact) mass is 468 g/mol. The van der Waals surface area contributed by atoms with Crippen molar-refractivity contribution in [2.45, 2.75) is 67.9 Å². The van der Waals surface area contributed by atoms with Crippen molar-refractivity contribution in [2.24, 2.45) is 3.34 Å². The molecular weight excluding hydrogens is 429 g/mol. The van der Waals surface area contributed by atoms with Gasteiger partial charge in [-0.25, -0.2) is 0 Å². The molecule has 0 aliphatic carbocycles. The van der Waals surface area contributed by atoms with Gasteiger partial charge in [-0.1, -0.05) is 0 Å². The van der Waals surface area contributed by atoms with E-state index in [0.717, 1.165) is 39.3 Å². The predicted octanol–water partition coefficient (Wildman–Crippen LogP) is 3.89. The van der Waals surface area contributed by atoms with Crippen LogP contribution in [0.1, 0.15) is 62.3 Å². The number of hydrogen-bond acceptors (Lipinski definition) is 1. The molecule has 0 aromatic rings. The van der Waals surface area contributed by atoms with E-state index in [0.29, 0.717) is 0 Å². The van der Waals surface area contributed by atoms with Crippen molar-refractivity contribution in [3.63, 3.8) is 0 Å². The van der Waals surface area contributed by atoms with E-state index in [1.165, 1.54) is 0 Å². The Kier molecular flexibility index (Phi) is 9.73. The fourth-order valence-electron chi connectivity index (χ4n) is 2.94. The van der Waals surface area contributed by atoms with Gasteiger partial charge in [-0.2, -0.15) is 0 Å². The van der Waals surface area contributed by atoms with E-state index in [-0.39, 0.29) is 5.54 Å². The fourth-order valence-corrected chi connectivity index (χ4v) is 19.2. The van der Waals surface area contributed by atoms with Crippen LogP contribution in [0.25, 0.3) is 0 Å². The standard InChI is InChI=1S/C4H9N.3C4H10N.Ta/c1-4(2,3)5;3*1-3-5-4-2;/h1-3H3;3*3-4H2,1-2H3;/q;3*-1;+3. The molecule has 0 fully saturated rings. The molecule has 0 radical (unpaired) electrons. The van der Waals surface area contributed by atoms with E-state index in [4.69, 9.17) is 3.34 Å². The van der Waals surface area contributed by atoms with Gasteiger partial charge in [-0.15, -0.1) is 0 Å². The molecule has 21 heavy (non-hydrogen) atoms. The van der Waals surface area contributed by atoms with Crippen LogP contribution < -0.4 is 0 Å². The van der Waals surface area contributed by atoms with Crippen LogP contribution in [0.5, 0.6) is 0 Å². The minimum absolute atomic E-state index is 0.0201. The van der Waals surface area contributed by atoms with Crippen LogP contribution in [0, 0.1) is 0 Å². The van der Waals surface area contributed by atoms with Crippen LogP contribution in [-0.2, 0) is 17.7 Å². The number of rotatable bonds is 9. The quantitative estimate of drug-likeness (QED) is 0.513. The third-order valence-electron chi connectivity index (χ3n) is 3.76. The molecule has 0 aliphatic heterocycles. The summed E-state index contributed by atoms with van der Waals surface area (Å²) in [5, 5.41) is 0. The molecule has 5 heteroatoms. The van der Waals surface area contributed by atoms with E-state index in [1.807, 2.05) is 0 Å². The van der Waals surface area contributed by atoms with E-state index in [2.05, 4.69) is 72.2 Å². The molecule has 0 saturated heterocycles. The molecule has 0 amide bonds. The Hall–Kier alpha value is 0.420.